The number of carbonyl (C=O) groups is 1. The number of aliphatic hydroxyl groups excluding tert-OH is 2. The molecule has 5 nitrogen and oxygen atoms in total. The van der Waals surface area contributed by atoms with Gasteiger partial charge in [0.2, 0.25) is 5.91 Å². The SMILES string of the molecule is O=C(CN(CCO)CCO)Nc1ccc(F)c(F)c1. The van der Waals surface area contributed by atoms with E-state index in [9.17, 15) is 13.6 Å². The van der Waals surface area contributed by atoms with E-state index >= 15 is 0 Å². The van der Waals surface area contributed by atoms with Gasteiger partial charge in [-0.05, 0) is 12.1 Å². The average molecular weight is 274 g/mol. The molecule has 0 bridgehead atoms. The lowest BCUT2D eigenvalue weighted by atomic mass is 10.3. The van der Waals surface area contributed by atoms with E-state index in [0.717, 1.165) is 12.1 Å². The normalized spacial score (nSPS) is 10.8. The van der Waals surface area contributed by atoms with Crippen LogP contribution in [0.15, 0.2) is 18.2 Å². The summed E-state index contributed by atoms with van der Waals surface area (Å²) in [5, 5.41) is 20.0. The molecule has 0 fully saturated rings. The Bertz CT molecular complexity index is 423. The second-order valence-corrected chi connectivity index (χ2v) is 3.90. The molecule has 1 rings (SSSR count). The molecule has 0 saturated carbocycles. The van der Waals surface area contributed by atoms with Crippen molar-refractivity contribution in [2.45, 2.75) is 0 Å². The second-order valence-electron chi connectivity index (χ2n) is 3.90. The minimum atomic E-state index is -1.04. The first-order valence-corrected chi connectivity index (χ1v) is 5.75. The zero-order valence-electron chi connectivity index (χ0n) is 10.3. The molecular formula is C12H16F2N2O3. The van der Waals surface area contributed by atoms with Gasteiger partial charge in [-0.25, -0.2) is 8.78 Å². The van der Waals surface area contributed by atoms with Gasteiger partial charge in [-0.15, -0.1) is 0 Å². The first kappa shape index (κ1) is 15.5. The van der Waals surface area contributed by atoms with Gasteiger partial charge in [0.25, 0.3) is 0 Å². The number of rotatable bonds is 7. The predicted molar refractivity (Wildman–Crippen MR) is 65.6 cm³/mol. The number of anilines is 1. The van der Waals surface area contributed by atoms with Gasteiger partial charge in [-0.2, -0.15) is 0 Å². The summed E-state index contributed by atoms with van der Waals surface area (Å²) >= 11 is 0. The van der Waals surface area contributed by atoms with Gasteiger partial charge >= 0.3 is 0 Å². The van der Waals surface area contributed by atoms with Gasteiger partial charge < -0.3 is 15.5 Å². The fourth-order valence-corrected chi connectivity index (χ4v) is 1.53. The van der Waals surface area contributed by atoms with Crippen molar-refractivity contribution in [1.29, 1.82) is 0 Å². The van der Waals surface area contributed by atoms with Gasteiger partial charge in [0.15, 0.2) is 11.6 Å². The molecule has 0 aliphatic heterocycles. The molecule has 0 unspecified atom stereocenters. The number of hydrogen-bond acceptors (Lipinski definition) is 4. The molecule has 106 valence electrons. The lowest BCUT2D eigenvalue weighted by molar-refractivity contribution is -0.117. The van der Waals surface area contributed by atoms with Crippen molar-refractivity contribution in [3.63, 3.8) is 0 Å². The van der Waals surface area contributed by atoms with Crippen LogP contribution in [0.3, 0.4) is 0 Å². The summed E-state index contributed by atoms with van der Waals surface area (Å²) in [6, 6.07) is 3.05. The van der Waals surface area contributed by atoms with E-state index in [0.29, 0.717) is 0 Å². The molecule has 0 atom stereocenters. The third-order valence-corrected chi connectivity index (χ3v) is 2.40. The van der Waals surface area contributed by atoms with E-state index < -0.39 is 17.5 Å². The highest BCUT2D eigenvalue weighted by Crippen LogP contribution is 2.12. The summed E-state index contributed by atoms with van der Waals surface area (Å²) in [7, 11) is 0. The van der Waals surface area contributed by atoms with E-state index in [4.69, 9.17) is 10.2 Å². The largest absolute Gasteiger partial charge is 0.395 e. The van der Waals surface area contributed by atoms with Gasteiger partial charge in [-0.3, -0.25) is 9.69 Å². The Hall–Kier alpha value is -1.57. The first-order valence-electron chi connectivity index (χ1n) is 5.75. The monoisotopic (exact) mass is 274 g/mol. The zero-order chi connectivity index (χ0) is 14.3. The van der Waals surface area contributed by atoms with Crippen LogP contribution >= 0.6 is 0 Å². The van der Waals surface area contributed by atoms with Crippen molar-refractivity contribution in [2.75, 3.05) is 38.2 Å². The molecule has 0 spiro atoms. The van der Waals surface area contributed by atoms with Crippen LogP contribution in [0.5, 0.6) is 0 Å². The van der Waals surface area contributed by atoms with Crippen molar-refractivity contribution in [3.05, 3.63) is 29.8 Å². The minimum absolute atomic E-state index is 0.0554. The number of benzene rings is 1. The average Bonchev–Trinajstić information content (AvgIpc) is 2.34. The Morgan fingerprint density at radius 1 is 1.16 bits per heavy atom. The lowest BCUT2D eigenvalue weighted by Crippen LogP contribution is -2.37. The number of nitrogens with zero attached hydrogens (tertiary/aromatic N) is 1. The van der Waals surface area contributed by atoms with Crippen molar-refractivity contribution < 1.29 is 23.8 Å². The molecule has 0 aliphatic rings. The van der Waals surface area contributed by atoms with Crippen molar-refractivity contribution in [1.82, 2.24) is 4.90 Å². The first-order chi connectivity index (χ1) is 9.06. The van der Waals surface area contributed by atoms with Crippen LogP contribution in [0.1, 0.15) is 0 Å². The molecule has 1 aromatic carbocycles. The Morgan fingerprint density at radius 3 is 2.32 bits per heavy atom. The van der Waals surface area contributed by atoms with Gasteiger partial charge in [0.1, 0.15) is 0 Å². The Balaban J connectivity index is 2.55. The zero-order valence-corrected chi connectivity index (χ0v) is 10.3. The summed E-state index contributed by atoms with van der Waals surface area (Å²) in [5.41, 5.74) is 0.150. The summed E-state index contributed by atoms with van der Waals surface area (Å²) in [6.07, 6.45) is 0. The third-order valence-electron chi connectivity index (χ3n) is 2.40. The lowest BCUT2D eigenvalue weighted by Gasteiger charge is -2.19. The smallest absolute Gasteiger partial charge is 0.238 e. The van der Waals surface area contributed by atoms with Crippen LogP contribution < -0.4 is 5.32 Å². The summed E-state index contributed by atoms with van der Waals surface area (Å²) in [5.74, 6) is -2.46. The van der Waals surface area contributed by atoms with E-state index in [2.05, 4.69) is 5.32 Å². The van der Waals surface area contributed by atoms with Crippen molar-refractivity contribution in [2.24, 2.45) is 0 Å². The topological polar surface area (TPSA) is 72.8 Å². The predicted octanol–water partition coefficient (Wildman–Crippen LogP) is 0.190. The number of hydrogen-bond donors (Lipinski definition) is 3. The van der Waals surface area contributed by atoms with Crippen LogP contribution in [0.25, 0.3) is 0 Å². The molecule has 0 aromatic heterocycles. The molecule has 19 heavy (non-hydrogen) atoms. The maximum absolute atomic E-state index is 12.9. The van der Waals surface area contributed by atoms with Gasteiger partial charge in [-0.1, -0.05) is 0 Å². The fraction of sp³-hybridized carbons (Fsp3) is 0.417. The van der Waals surface area contributed by atoms with Crippen LogP contribution in [0.2, 0.25) is 0 Å². The highest BCUT2D eigenvalue weighted by atomic mass is 19.2. The maximum Gasteiger partial charge on any atom is 0.238 e. The Labute approximate surface area is 109 Å². The number of nitrogens with one attached hydrogen (secondary N) is 1. The molecule has 3 N–H and O–H groups in total. The number of halogens is 2. The molecule has 1 aromatic rings. The number of aliphatic hydroxyl groups is 2. The molecule has 0 aliphatic carbocycles. The number of carbonyl (C=O) groups excluding carboxylic acids is 1. The molecule has 7 heteroatoms. The Kier molecular flexibility index (Phi) is 6.34. The third kappa shape index (κ3) is 5.29. The molecule has 0 saturated heterocycles. The van der Waals surface area contributed by atoms with E-state index in [1.54, 1.807) is 0 Å². The van der Waals surface area contributed by atoms with E-state index in [-0.39, 0.29) is 38.5 Å². The second kappa shape index (κ2) is 7.78. The highest BCUT2D eigenvalue weighted by Gasteiger charge is 2.11. The standard InChI is InChI=1S/C12H16F2N2O3/c13-10-2-1-9(7-11(10)14)15-12(19)8-16(3-5-17)4-6-18/h1-2,7,17-18H,3-6,8H2,(H,15,19). The molecular weight excluding hydrogens is 258 g/mol. The molecule has 0 heterocycles. The quantitative estimate of drug-likeness (QED) is 0.663. The maximum atomic E-state index is 12.9. The molecule has 0 radical (unpaired) electrons. The van der Waals surface area contributed by atoms with Crippen LogP contribution in [-0.4, -0.2) is 53.9 Å². The van der Waals surface area contributed by atoms with Crippen LogP contribution in [0, 0.1) is 11.6 Å². The van der Waals surface area contributed by atoms with E-state index in [1.165, 1.54) is 11.0 Å². The van der Waals surface area contributed by atoms with E-state index in [1.807, 2.05) is 0 Å². The van der Waals surface area contributed by atoms with Gasteiger partial charge in [0.05, 0.1) is 19.8 Å². The summed E-state index contributed by atoms with van der Waals surface area (Å²) in [4.78, 5) is 13.2. The van der Waals surface area contributed by atoms with Crippen molar-refractivity contribution >= 4 is 11.6 Å². The fourth-order valence-electron chi connectivity index (χ4n) is 1.53. The van der Waals surface area contributed by atoms with Crippen LogP contribution in [-0.2, 0) is 4.79 Å². The Morgan fingerprint density at radius 2 is 1.79 bits per heavy atom. The summed E-state index contributed by atoms with van der Waals surface area (Å²) < 4.78 is 25.6. The summed E-state index contributed by atoms with van der Waals surface area (Å²) in [6.45, 7) is 0.147. The molecule has 1 amide bonds. The van der Waals surface area contributed by atoms with Gasteiger partial charge in [0, 0.05) is 24.8 Å². The van der Waals surface area contributed by atoms with Crippen molar-refractivity contribution in [3.8, 4) is 0 Å². The highest BCUT2D eigenvalue weighted by molar-refractivity contribution is 5.92. The number of amides is 1. The minimum Gasteiger partial charge on any atom is -0.395 e. The van der Waals surface area contributed by atoms with Crippen LogP contribution in [0.4, 0.5) is 14.5 Å².